The molecule has 0 aliphatic heterocycles. The predicted octanol–water partition coefficient (Wildman–Crippen LogP) is 2.61. The van der Waals surface area contributed by atoms with Crippen molar-refractivity contribution < 1.29 is 19.1 Å². The van der Waals surface area contributed by atoms with Crippen molar-refractivity contribution >= 4 is 17.6 Å². The molecule has 1 rings (SSSR count). The fourth-order valence-corrected chi connectivity index (χ4v) is 1.47. The van der Waals surface area contributed by atoms with Crippen LogP contribution in [0.4, 0.5) is 5.69 Å². The number of benzene rings is 1. The molecule has 0 aromatic heterocycles. The van der Waals surface area contributed by atoms with Crippen LogP contribution in [-0.4, -0.2) is 25.1 Å². The summed E-state index contributed by atoms with van der Waals surface area (Å²) in [6.45, 7) is 6.70. The summed E-state index contributed by atoms with van der Waals surface area (Å²) in [5.74, 6) is 0.186. The number of esters is 1. The molecule has 0 heterocycles. The van der Waals surface area contributed by atoms with Crippen molar-refractivity contribution in [2.45, 2.75) is 27.2 Å². The number of amides is 1. The van der Waals surface area contributed by atoms with Crippen LogP contribution in [0.15, 0.2) is 24.3 Å². The van der Waals surface area contributed by atoms with Crippen molar-refractivity contribution in [1.29, 1.82) is 0 Å². The van der Waals surface area contributed by atoms with Gasteiger partial charge in [0.15, 0.2) is 0 Å². The second-order valence-electron chi connectivity index (χ2n) is 4.76. The standard InChI is InChI=1S/C15H21NO4/c1-4-19-15(18)9-14(17)16-12-6-5-7-13(8-12)20-10-11(2)3/h5-8,11H,4,9-10H2,1-3H3,(H,16,17). The minimum atomic E-state index is -0.530. The van der Waals surface area contributed by atoms with Gasteiger partial charge < -0.3 is 14.8 Å². The lowest BCUT2D eigenvalue weighted by Gasteiger charge is -2.10. The topological polar surface area (TPSA) is 64.6 Å². The third-order valence-corrected chi connectivity index (χ3v) is 2.31. The van der Waals surface area contributed by atoms with E-state index in [-0.39, 0.29) is 13.0 Å². The third-order valence-electron chi connectivity index (χ3n) is 2.31. The van der Waals surface area contributed by atoms with E-state index in [1.807, 2.05) is 6.07 Å². The van der Waals surface area contributed by atoms with E-state index in [2.05, 4.69) is 19.2 Å². The Hall–Kier alpha value is -2.04. The highest BCUT2D eigenvalue weighted by Gasteiger charge is 2.10. The molecule has 0 saturated carbocycles. The number of hydrogen-bond acceptors (Lipinski definition) is 4. The first-order chi connectivity index (χ1) is 9.51. The van der Waals surface area contributed by atoms with Crippen LogP contribution in [0.25, 0.3) is 0 Å². The maximum absolute atomic E-state index is 11.6. The first kappa shape index (κ1) is 16.0. The Kier molecular flexibility index (Phi) is 6.56. The zero-order chi connectivity index (χ0) is 15.0. The van der Waals surface area contributed by atoms with Crippen molar-refractivity contribution in [2.24, 2.45) is 5.92 Å². The number of ether oxygens (including phenoxy) is 2. The summed E-state index contributed by atoms with van der Waals surface area (Å²) in [5, 5.41) is 2.64. The fraction of sp³-hybridized carbons (Fsp3) is 0.467. The molecule has 0 fully saturated rings. The lowest BCUT2D eigenvalue weighted by atomic mass is 10.2. The molecule has 0 atom stereocenters. The molecule has 0 aliphatic carbocycles. The zero-order valence-electron chi connectivity index (χ0n) is 12.1. The second kappa shape index (κ2) is 8.19. The molecule has 0 bridgehead atoms. The van der Waals surface area contributed by atoms with Gasteiger partial charge in [0.1, 0.15) is 12.2 Å². The molecule has 0 aliphatic rings. The quantitative estimate of drug-likeness (QED) is 0.615. The van der Waals surface area contributed by atoms with Crippen LogP contribution in [-0.2, 0) is 14.3 Å². The van der Waals surface area contributed by atoms with Crippen molar-refractivity contribution in [3.05, 3.63) is 24.3 Å². The van der Waals surface area contributed by atoms with E-state index in [9.17, 15) is 9.59 Å². The molecule has 1 N–H and O–H groups in total. The maximum Gasteiger partial charge on any atom is 0.315 e. The Morgan fingerprint density at radius 2 is 2.05 bits per heavy atom. The van der Waals surface area contributed by atoms with Gasteiger partial charge in [-0.25, -0.2) is 0 Å². The molecule has 1 aromatic carbocycles. The number of anilines is 1. The molecule has 110 valence electrons. The van der Waals surface area contributed by atoms with E-state index >= 15 is 0 Å². The molecule has 1 aromatic rings. The average molecular weight is 279 g/mol. The van der Waals surface area contributed by atoms with Gasteiger partial charge in [-0.05, 0) is 25.0 Å². The number of carbonyl (C=O) groups is 2. The predicted molar refractivity (Wildman–Crippen MR) is 76.7 cm³/mol. The average Bonchev–Trinajstić information content (AvgIpc) is 2.36. The molecule has 1 amide bonds. The molecule has 0 spiro atoms. The summed E-state index contributed by atoms with van der Waals surface area (Å²) in [5.41, 5.74) is 0.598. The number of nitrogens with one attached hydrogen (secondary N) is 1. The Morgan fingerprint density at radius 3 is 2.70 bits per heavy atom. The van der Waals surface area contributed by atoms with Gasteiger partial charge >= 0.3 is 5.97 Å². The van der Waals surface area contributed by atoms with E-state index in [1.165, 1.54) is 0 Å². The number of rotatable bonds is 7. The Morgan fingerprint density at radius 1 is 1.30 bits per heavy atom. The van der Waals surface area contributed by atoms with E-state index in [1.54, 1.807) is 25.1 Å². The second-order valence-corrected chi connectivity index (χ2v) is 4.76. The van der Waals surface area contributed by atoms with Crippen molar-refractivity contribution in [1.82, 2.24) is 0 Å². The first-order valence-corrected chi connectivity index (χ1v) is 6.69. The molecule has 5 heteroatoms. The Bertz CT molecular complexity index is 457. The minimum absolute atomic E-state index is 0.268. The highest BCUT2D eigenvalue weighted by atomic mass is 16.5. The van der Waals surface area contributed by atoms with E-state index in [4.69, 9.17) is 9.47 Å². The molecule has 0 radical (unpaired) electrons. The smallest absolute Gasteiger partial charge is 0.315 e. The van der Waals surface area contributed by atoms with Crippen molar-refractivity contribution in [3.63, 3.8) is 0 Å². The maximum atomic E-state index is 11.6. The van der Waals surface area contributed by atoms with Crippen LogP contribution < -0.4 is 10.1 Å². The summed E-state index contributed by atoms with van der Waals surface area (Å²) in [4.78, 5) is 22.8. The lowest BCUT2D eigenvalue weighted by Crippen LogP contribution is -2.18. The van der Waals surface area contributed by atoms with Crippen LogP contribution in [0.1, 0.15) is 27.2 Å². The van der Waals surface area contributed by atoms with Crippen molar-refractivity contribution in [3.8, 4) is 5.75 Å². The third kappa shape index (κ3) is 6.22. The van der Waals surface area contributed by atoms with Crippen LogP contribution >= 0.6 is 0 Å². The first-order valence-electron chi connectivity index (χ1n) is 6.69. The SMILES string of the molecule is CCOC(=O)CC(=O)Nc1cccc(OCC(C)C)c1. The van der Waals surface area contributed by atoms with Gasteiger partial charge in [0.05, 0.1) is 13.2 Å². The van der Waals surface area contributed by atoms with Gasteiger partial charge in [0.25, 0.3) is 0 Å². The zero-order valence-corrected chi connectivity index (χ0v) is 12.1. The molecule has 20 heavy (non-hydrogen) atoms. The van der Waals surface area contributed by atoms with Crippen LogP contribution in [0.3, 0.4) is 0 Å². The largest absolute Gasteiger partial charge is 0.493 e. The van der Waals surface area contributed by atoms with Gasteiger partial charge in [-0.1, -0.05) is 19.9 Å². The number of hydrogen-bond donors (Lipinski definition) is 1. The van der Waals surface area contributed by atoms with Gasteiger partial charge in [-0.15, -0.1) is 0 Å². The lowest BCUT2D eigenvalue weighted by molar-refractivity contribution is -0.145. The number of carbonyl (C=O) groups excluding carboxylic acids is 2. The van der Waals surface area contributed by atoms with E-state index in [0.717, 1.165) is 0 Å². The molecule has 0 unspecified atom stereocenters. The molecular weight excluding hydrogens is 258 g/mol. The summed E-state index contributed by atoms with van der Waals surface area (Å²) in [7, 11) is 0. The summed E-state index contributed by atoms with van der Waals surface area (Å²) >= 11 is 0. The molecule has 0 saturated heterocycles. The highest BCUT2D eigenvalue weighted by molar-refractivity contribution is 6.01. The Balaban J connectivity index is 2.52. The molecule has 5 nitrogen and oxygen atoms in total. The monoisotopic (exact) mass is 279 g/mol. The van der Waals surface area contributed by atoms with Crippen LogP contribution in [0.2, 0.25) is 0 Å². The van der Waals surface area contributed by atoms with Gasteiger partial charge in [-0.2, -0.15) is 0 Å². The van der Waals surface area contributed by atoms with Crippen LogP contribution in [0.5, 0.6) is 5.75 Å². The summed E-state index contributed by atoms with van der Waals surface area (Å²) < 4.78 is 10.3. The van der Waals surface area contributed by atoms with Gasteiger partial charge in [0, 0.05) is 11.8 Å². The summed E-state index contributed by atoms with van der Waals surface area (Å²) in [6, 6.07) is 7.08. The Labute approximate surface area is 119 Å². The van der Waals surface area contributed by atoms with Gasteiger partial charge in [-0.3, -0.25) is 9.59 Å². The van der Waals surface area contributed by atoms with E-state index < -0.39 is 11.9 Å². The van der Waals surface area contributed by atoms with Crippen LogP contribution in [0, 0.1) is 5.92 Å². The highest BCUT2D eigenvalue weighted by Crippen LogP contribution is 2.18. The normalized spacial score (nSPS) is 10.2. The van der Waals surface area contributed by atoms with E-state index in [0.29, 0.717) is 24.0 Å². The molecular formula is C15H21NO4. The summed E-state index contributed by atoms with van der Waals surface area (Å²) in [6.07, 6.45) is -0.287. The van der Waals surface area contributed by atoms with Gasteiger partial charge in [0.2, 0.25) is 5.91 Å². The fourth-order valence-electron chi connectivity index (χ4n) is 1.47. The van der Waals surface area contributed by atoms with Crippen molar-refractivity contribution in [2.75, 3.05) is 18.5 Å². The minimum Gasteiger partial charge on any atom is -0.493 e.